The molecule has 1 N–H and O–H groups in total. The molecule has 0 radical (unpaired) electrons. The Morgan fingerprint density at radius 1 is 1.05 bits per heavy atom. The van der Waals surface area contributed by atoms with Crippen molar-refractivity contribution in [2.24, 2.45) is 0 Å². The van der Waals surface area contributed by atoms with Crippen LogP contribution in [-0.2, 0) is 28.7 Å². The highest BCUT2D eigenvalue weighted by Crippen LogP contribution is 2.48. The summed E-state index contributed by atoms with van der Waals surface area (Å²) in [6.45, 7) is 1.82. The summed E-state index contributed by atoms with van der Waals surface area (Å²) in [7, 11) is 0. The van der Waals surface area contributed by atoms with Crippen LogP contribution in [-0.4, -0.2) is 46.4 Å². The molecular weight excluding hydrogens is 525 g/mol. The molecule has 6 nitrogen and oxygen atoms in total. The van der Waals surface area contributed by atoms with Gasteiger partial charge in [-0.2, -0.15) is 13.2 Å². The molecule has 5 heterocycles. The van der Waals surface area contributed by atoms with Gasteiger partial charge in [-0.05, 0) is 68.4 Å². The van der Waals surface area contributed by atoms with Crippen molar-refractivity contribution >= 4 is 39.1 Å². The van der Waals surface area contributed by atoms with Crippen LogP contribution >= 0.6 is 11.3 Å². The zero-order chi connectivity index (χ0) is 26.9. The second-order valence-electron chi connectivity index (χ2n) is 11.4. The molecule has 2 aromatic heterocycles. The van der Waals surface area contributed by atoms with Gasteiger partial charge in [-0.15, -0.1) is 11.3 Å². The number of pyridine rings is 1. The van der Waals surface area contributed by atoms with Crippen molar-refractivity contribution in [2.45, 2.75) is 75.7 Å². The van der Waals surface area contributed by atoms with Gasteiger partial charge in [-0.25, -0.2) is 0 Å². The van der Waals surface area contributed by atoms with Gasteiger partial charge in [0.1, 0.15) is 0 Å². The van der Waals surface area contributed by atoms with Crippen molar-refractivity contribution in [3.63, 3.8) is 0 Å². The number of aryl methyl sites for hydroxylation is 1. The minimum absolute atomic E-state index is 0.167. The summed E-state index contributed by atoms with van der Waals surface area (Å²) in [4.78, 5) is 33.3. The predicted molar refractivity (Wildman–Crippen MR) is 144 cm³/mol. The number of alkyl halides is 3. The van der Waals surface area contributed by atoms with Gasteiger partial charge in [0.2, 0.25) is 11.8 Å². The SMILES string of the molecule is O=C1CCC(=O)N1Cc1cc2nccc(-c3cc(C(F)(F)F)cc4c3N([C@@H]3CNC5(CCC5)C3)CCC4)c2s1. The number of halogens is 3. The molecule has 3 fully saturated rings. The number of amides is 2. The highest BCUT2D eigenvalue weighted by atomic mass is 32.1. The number of anilines is 1. The second-order valence-corrected chi connectivity index (χ2v) is 12.5. The molecule has 204 valence electrons. The van der Waals surface area contributed by atoms with Crippen molar-refractivity contribution in [1.82, 2.24) is 15.2 Å². The van der Waals surface area contributed by atoms with E-state index in [1.54, 1.807) is 12.3 Å². The minimum atomic E-state index is -4.46. The maximum absolute atomic E-state index is 14.1. The van der Waals surface area contributed by atoms with Gasteiger partial charge in [0.05, 0.1) is 22.3 Å². The van der Waals surface area contributed by atoms with E-state index >= 15 is 0 Å². The van der Waals surface area contributed by atoms with E-state index in [4.69, 9.17) is 0 Å². The molecule has 1 saturated carbocycles. The zero-order valence-corrected chi connectivity index (χ0v) is 22.3. The van der Waals surface area contributed by atoms with Gasteiger partial charge in [0.25, 0.3) is 0 Å². The molecule has 1 atom stereocenters. The van der Waals surface area contributed by atoms with E-state index in [9.17, 15) is 22.8 Å². The number of imide groups is 1. The molecule has 10 heteroatoms. The first-order valence-electron chi connectivity index (χ1n) is 13.7. The lowest BCUT2D eigenvalue weighted by Crippen LogP contribution is -2.46. The monoisotopic (exact) mass is 554 g/mol. The normalized spacial score (nSPS) is 22.7. The lowest BCUT2D eigenvalue weighted by atomic mass is 9.75. The van der Waals surface area contributed by atoms with Gasteiger partial charge >= 0.3 is 6.18 Å². The van der Waals surface area contributed by atoms with Gasteiger partial charge < -0.3 is 10.2 Å². The Balaban J connectivity index is 1.35. The third-order valence-corrected chi connectivity index (χ3v) is 10.1. The summed E-state index contributed by atoms with van der Waals surface area (Å²) in [5.74, 6) is -0.384. The van der Waals surface area contributed by atoms with Crippen molar-refractivity contribution in [3.8, 4) is 11.1 Å². The number of rotatable bonds is 4. The summed E-state index contributed by atoms with van der Waals surface area (Å²) in [6, 6.07) is 6.54. The van der Waals surface area contributed by atoms with Gasteiger partial charge in [-0.1, -0.05) is 0 Å². The smallest absolute Gasteiger partial charge is 0.366 e. The summed E-state index contributed by atoms with van der Waals surface area (Å²) in [6.07, 6.45) is 3.61. The summed E-state index contributed by atoms with van der Waals surface area (Å²) >= 11 is 1.40. The average Bonchev–Trinajstić information content (AvgIpc) is 3.60. The fourth-order valence-corrected chi connectivity index (χ4v) is 8.01. The Hall–Kier alpha value is -2.98. The summed E-state index contributed by atoms with van der Waals surface area (Å²) in [5, 5.41) is 3.73. The van der Waals surface area contributed by atoms with Crippen molar-refractivity contribution in [2.75, 3.05) is 18.0 Å². The maximum Gasteiger partial charge on any atom is 0.416 e. The van der Waals surface area contributed by atoms with Crippen LogP contribution in [0.2, 0.25) is 0 Å². The first-order chi connectivity index (χ1) is 18.7. The van der Waals surface area contributed by atoms with E-state index < -0.39 is 11.7 Å². The highest BCUT2D eigenvalue weighted by Gasteiger charge is 2.46. The quantitative estimate of drug-likeness (QED) is 0.421. The highest BCUT2D eigenvalue weighted by molar-refractivity contribution is 7.19. The largest absolute Gasteiger partial charge is 0.416 e. The molecule has 3 aromatic rings. The lowest BCUT2D eigenvalue weighted by Gasteiger charge is -2.41. The number of fused-ring (bicyclic) bond motifs is 2. The molecule has 3 aliphatic heterocycles. The Morgan fingerprint density at radius 2 is 1.85 bits per heavy atom. The first-order valence-corrected chi connectivity index (χ1v) is 14.5. The van der Waals surface area contributed by atoms with Gasteiger partial charge in [0.15, 0.2) is 0 Å². The number of hydrogen-bond donors (Lipinski definition) is 1. The number of thiophene rings is 1. The molecule has 7 rings (SSSR count). The standard InChI is InChI=1S/C29H29F3N4O2S/c30-29(31,32)18-11-17-3-1-10-35(19-14-28(34-15-19)7-2-8-28)26(17)22(12-18)21-6-9-33-23-13-20(39-27(21)23)16-36-24(37)4-5-25(36)38/h6,9,11-13,19,34H,1-5,7-8,10,14-16H2/t19-/m0/s1. The number of likely N-dealkylation sites (tertiary alicyclic amines) is 1. The fraction of sp³-hybridized carbons (Fsp3) is 0.483. The zero-order valence-electron chi connectivity index (χ0n) is 21.4. The third kappa shape index (κ3) is 4.23. The molecule has 2 amide bonds. The first kappa shape index (κ1) is 25.0. The van der Waals surface area contributed by atoms with Crippen LogP contribution in [0.4, 0.5) is 18.9 Å². The van der Waals surface area contributed by atoms with E-state index in [-0.39, 0.29) is 42.8 Å². The molecule has 2 saturated heterocycles. The van der Waals surface area contributed by atoms with E-state index in [0.29, 0.717) is 23.1 Å². The molecular formula is C29H29F3N4O2S. The summed E-state index contributed by atoms with van der Waals surface area (Å²) < 4.78 is 43.1. The Morgan fingerprint density at radius 3 is 2.54 bits per heavy atom. The molecule has 39 heavy (non-hydrogen) atoms. The van der Waals surface area contributed by atoms with Crippen LogP contribution in [0.15, 0.2) is 30.5 Å². The topological polar surface area (TPSA) is 65.5 Å². The van der Waals surface area contributed by atoms with Crippen LogP contribution in [0.1, 0.15) is 60.9 Å². The number of benzene rings is 1. The lowest BCUT2D eigenvalue weighted by molar-refractivity contribution is -0.139. The van der Waals surface area contributed by atoms with Crippen LogP contribution < -0.4 is 10.2 Å². The minimum Gasteiger partial charge on any atom is -0.366 e. The van der Waals surface area contributed by atoms with Crippen LogP contribution in [0.25, 0.3) is 21.3 Å². The average molecular weight is 555 g/mol. The van der Waals surface area contributed by atoms with E-state index in [1.807, 2.05) is 6.07 Å². The van der Waals surface area contributed by atoms with Crippen LogP contribution in [0, 0.1) is 0 Å². The molecule has 0 unspecified atom stereocenters. The Bertz CT molecular complexity index is 1480. The third-order valence-electron chi connectivity index (χ3n) is 8.96. The van der Waals surface area contributed by atoms with Crippen molar-refractivity contribution < 1.29 is 22.8 Å². The Kier molecular flexibility index (Phi) is 5.79. The predicted octanol–water partition coefficient (Wildman–Crippen LogP) is 5.67. The number of nitrogens with zero attached hydrogens (tertiary/aromatic N) is 3. The second kappa shape index (κ2) is 9.02. The van der Waals surface area contributed by atoms with E-state index in [2.05, 4.69) is 15.2 Å². The van der Waals surface area contributed by atoms with Crippen molar-refractivity contribution in [3.05, 3.63) is 46.5 Å². The van der Waals surface area contributed by atoms with Gasteiger partial charge in [-0.3, -0.25) is 19.5 Å². The molecule has 1 aliphatic carbocycles. The van der Waals surface area contributed by atoms with Crippen LogP contribution in [0.3, 0.4) is 0 Å². The Labute approximate surface area is 228 Å². The van der Waals surface area contributed by atoms with Crippen LogP contribution in [0.5, 0.6) is 0 Å². The number of carbonyl (C=O) groups excluding carboxylic acids is 2. The number of nitrogens with one attached hydrogen (secondary N) is 1. The number of aromatic nitrogens is 1. The van der Waals surface area contributed by atoms with E-state index in [0.717, 1.165) is 59.6 Å². The van der Waals surface area contributed by atoms with E-state index in [1.165, 1.54) is 34.8 Å². The fourth-order valence-electron chi connectivity index (χ4n) is 6.88. The number of hydrogen-bond acceptors (Lipinski definition) is 6. The van der Waals surface area contributed by atoms with Crippen molar-refractivity contribution in [1.29, 1.82) is 0 Å². The molecule has 0 bridgehead atoms. The molecule has 4 aliphatic rings. The number of carbonyl (C=O) groups is 2. The molecule has 1 spiro atoms. The van der Waals surface area contributed by atoms with Gasteiger partial charge in [0, 0.05) is 65.4 Å². The maximum atomic E-state index is 14.1. The summed E-state index contributed by atoms with van der Waals surface area (Å²) in [5.41, 5.74) is 3.17. The molecule has 1 aromatic carbocycles.